The van der Waals surface area contributed by atoms with Crippen LogP contribution in [-0.2, 0) is 9.53 Å². The van der Waals surface area contributed by atoms with Crippen LogP contribution in [0.5, 0.6) is 0 Å². The van der Waals surface area contributed by atoms with Gasteiger partial charge in [0.25, 0.3) is 0 Å². The number of anilines is 3. The van der Waals surface area contributed by atoms with Crippen LogP contribution in [0, 0.1) is 5.82 Å². The fraction of sp³-hybridized carbons (Fsp3) is 0.333. The number of urea groups is 1. The highest BCUT2D eigenvalue weighted by atomic mass is 19.1. The van der Waals surface area contributed by atoms with Gasteiger partial charge in [0.1, 0.15) is 12.4 Å². The van der Waals surface area contributed by atoms with Crippen molar-refractivity contribution in [2.75, 3.05) is 61.1 Å². The molecule has 0 spiro atoms. The Morgan fingerprint density at radius 1 is 1.00 bits per heavy atom. The topological polar surface area (TPSA) is 65.1 Å². The van der Waals surface area contributed by atoms with Crippen molar-refractivity contribution in [1.29, 1.82) is 0 Å². The van der Waals surface area contributed by atoms with Crippen LogP contribution in [-0.4, -0.2) is 62.8 Å². The third-order valence-corrected chi connectivity index (χ3v) is 5.10. The van der Waals surface area contributed by atoms with Crippen molar-refractivity contribution in [3.05, 3.63) is 54.3 Å². The molecular formula is C21H23FN4O3. The number of hydrogen-bond acceptors (Lipinski definition) is 4. The van der Waals surface area contributed by atoms with Crippen LogP contribution in [0.25, 0.3) is 0 Å². The Bertz CT molecular complexity index is 884. The largest absolute Gasteiger partial charge is 0.378 e. The van der Waals surface area contributed by atoms with Crippen molar-refractivity contribution >= 4 is 29.0 Å². The average molecular weight is 398 g/mol. The van der Waals surface area contributed by atoms with Gasteiger partial charge in [-0.15, -0.1) is 0 Å². The van der Waals surface area contributed by atoms with Crippen LogP contribution in [0.4, 0.5) is 26.2 Å². The van der Waals surface area contributed by atoms with E-state index in [0.29, 0.717) is 32.0 Å². The molecule has 0 radical (unpaired) electrons. The maximum Gasteiger partial charge on any atom is 0.325 e. The Hall–Kier alpha value is -3.13. The molecule has 0 aromatic heterocycles. The fourth-order valence-corrected chi connectivity index (χ4v) is 3.57. The maximum absolute atomic E-state index is 14.0. The number of halogens is 1. The van der Waals surface area contributed by atoms with E-state index in [-0.39, 0.29) is 24.2 Å². The van der Waals surface area contributed by atoms with E-state index >= 15 is 0 Å². The summed E-state index contributed by atoms with van der Waals surface area (Å²) in [4.78, 5) is 30.0. The number of carbonyl (C=O) groups excluding carboxylic acids is 2. The van der Waals surface area contributed by atoms with E-state index in [1.54, 1.807) is 18.2 Å². The number of benzene rings is 2. The maximum atomic E-state index is 14.0. The highest BCUT2D eigenvalue weighted by Crippen LogP contribution is 2.23. The fourth-order valence-electron chi connectivity index (χ4n) is 3.57. The Balaban J connectivity index is 1.33. The molecule has 0 bridgehead atoms. The molecule has 0 aliphatic carbocycles. The summed E-state index contributed by atoms with van der Waals surface area (Å²) in [5.41, 5.74) is 1.99. The molecule has 0 saturated carbocycles. The molecule has 2 fully saturated rings. The Kier molecular flexibility index (Phi) is 5.62. The third-order valence-electron chi connectivity index (χ3n) is 5.10. The zero-order valence-electron chi connectivity index (χ0n) is 16.0. The van der Waals surface area contributed by atoms with E-state index in [9.17, 15) is 14.0 Å². The Labute approximate surface area is 168 Å². The Morgan fingerprint density at radius 3 is 2.45 bits per heavy atom. The molecule has 29 heavy (non-hydrogen) atoms. The van der Waals surface area contributed by atoms with Crippen LogP contribution < -0.4 is 15.1 Å². The third kappa shape index (κ3) is 4.32. The number of nitrogens with one attached hydrogen (secondary N) is 1. The van der Waals surface area contributed by atoms with Crippen molar-refractivity contribution in [3.63, 3.8) is 0 Å². The molecule has 2 saturated heterocycles. The predicted molar refractivity (Wildman–Crippen MR) is 109 cm³/mol. The number of morpholine rings is 1. The quantitative estimate of drug-likeness (QED) is 0.841. The summed E-state index contributed by atoms with van der Waals surface area (Å²) in [6.07, 6.45) is 0. The smallest absolute Gasteiger partial charge is 0.325 e. The van der Waals surface area contributed by atoms with E-state index in [1.165, 1.54) is 15.9 Å². The summed E-state index contributed by atoms with van der Waals surface area (Å²) in [7, 11) is 0. The lowest BCUT2D eigenvalue weighted by molar-refractivity contribution is -0.116. The Morgan fingerprint density at radius 2 is 1.72 bits per heavy atom. The predicted octanol–water partition coefficient (Wildman–Crippen LogP) is 2.54. The summed E-state index contributed by atoms with van der Waals surface area (Å²) in [5, 5.41) is 2.82. The second-order valence-electron chi connectivity index (χ2n) is 7.00. The first-order valence-corrected chi connectivity index (χ1v) is 9.65. The van der Waals surface area contributed by atoms with Gasteiger partial charge in [-0.05, 0) is 36.4 Å². The van der Waals surface area contributed by atoms with Crippen molar-refractivity contribution in [1.82, 2.24) is 4.90 Å². The number of rotatable bonds is 5. The van der Waals surface area contributed by atoms with Crippen molar-refractivity contribution in [3.8, 4) is 0 Å². The van der Waals surface area contributed by atoms with Crippen molar-refractivity contribution < 1.29 is 18.7 Å². The minimum Gasteiger partial charge on any atom is -0.378 e. The molecule has 3 amide bonds. The van der Waals surface area contributed by atoms with Gasteiger partial charge in [-0.1, -0.05) is 12.1 Å². The number of para-hydroxylation sites is 1. The van der Waals surface area contributed by atoms with Crippen molar-refractivity contribution in [2.45, 2.75) is 0 Å². The monoisotopic (exact) mass is 398 g/mol. The van der Waals surface area contributed by atoms with Crippen LogP contribution in [0.1, 0.15) is 0 Å². The molecular weight excluding hydrogens is 375 g/mol. The first-order chi connectivity index (χ1) is 14.1. The molecule has 2 aromatic carbocycles. The van der Waals surface area contributed by atoms with Crippen molar-refractivity contribution in [2.24, 2.45) is 0 Å². The number of ether oxygens (including phenoxy) is 1. The summed E-state index contributed by atoms with van der Waals surface area (Å²) in [6, 6.07) is 13.4. The van der Waals surface area contributed by atoms with Gasteiger partial charge in [0, 0.05) is 37.6 Å². The first-order valence-electron chi connectivity index (χ1n) is 9.65. The second kappa shape index (κ2) is 8.48. The van der Waals surface area contributed by atoms with Gasteiger partial charge in [-0.2, -0.15) is 0 Å². The summed E-state index contributed by atoms with van der Waals surface area (Å²) < 4.78 is 19.3. The minimum absolute atomic E-state index is 0.0744. The molecule has 0 unspecified atom stereocenters. The average Bonchev–Trinajstić information content (AvgIpc) is 3.09. The van der Waals surface area contributed by atoms with Gasteiger partial charge >= 0.3 is 6.03 Å². The van der Waals surface area contributed by atoms with Gasteiger partial charge in [0.15, 0.2) is 0 Å². The zero-order chi connectivity index (χ0) is 20.2. The normalized spacial score (nSPS) is 17.0. The van der Waals surface area contributed by atoms with E-state index in [1.807, 2.05) is 24.3 Å². The molecule has 2 aliphatic heterocycles. The van der Waals surface area contributed by atoms with Gasteiger partial charge in [0.2, 0.25) is 5.91 Å². The standard InChI is InChI=1S/C21H23FN4O3/c22-18-3-1-2-4-19(18)26-10-9-25(21(26)28)15-20(27)23-16-5-7-17(8-6-16)24-11-13-29-14-12-24/h1-8H,9-15H2,(H,23,27). The molecule has 7 nitrogen and oxygen atoms in total. The van der Waals surface area contributed by atoms with Crippen LogP contribution in [0.2, 0.25) is 0 Å². The highest BCUT2D eigenvalue weighted by Gasteiger charge is 2.32. The lowest BCUT2D eigenvalue weighted by atomic mass is 10.2. The molecule has 4 rings (SSSR count). The summed E-state index contributed by atoms with van der Waals surface area (Å²) >= 11 is 0. The molecule has 2 aromatic rings. The number of nitrogens with zero attached hydrogens (tertiary/aromatic N) is 3. The molecule has 2 heterocycles. The van der Waals surface area contributed by atoms with E-state index in [4.69, 9.17) is 4.74 Å². The van der Waals surface area contributed by atoms with Crippen LogP contribution >= 0.6 is 0 Å². The lowest BCUT2D eigenvalue weighted by Gasteiger charge is -2.28. The van der Waals surface area contributed by atoms with Crippen LogP contribution in [0.3, 0.4) is 0 Å². The summed E-state index contributed by atoms with van der Waals surface area (Å²) in [5.74, 6) is -0.736. The van der Waals surface area contributed by atoms with E-state index in [0.717, 1.165) is 18.8 Å². The lowest BCUT2D eigenvalue weighted by Crippen LogP contribution is -2.37. The van der Waals surface area contributed by atoms with Crippen LogP contribution in [0.15, 0.2) is 48.5 Å². The van der Waals surface area contributed by atoms with E-state index in [2.05, 4.69) is 10.2 Å². The number of carbonyl (C=O) groups is 2. The SMILES string of the molecule is O=C(CN1CCN(c2ccccc2F)C1=O)Nc1ccc(N2CCOCC2)cc1. The van der Waals surface area contributed by atoms with Gasteiger partial charge in [0.05, 0.1) is 18.9 Å². The molecule has 152 valence electrons. The number of hydrogen-bond donors (Lipinski definition) is 1. The minimum atomic E-state index is -0.451. The second-order valence-corrected chi connectivity index (χ2v) is 7.00. The first kappa shape index (κ1) is 19.2. The summed E-state index contributed by atoms with van der Waals surface area (Å²) in [6.45, 7) is 3.77. The van der Waals surface area contributed by atoms with Gasteiger partial charge < -0.3 is 19.9 Å². The molecule has 2 aliphatic rings. The zero-order valence-corrected chi connectivity index (χ0v) is 16.0. The number of amides is 3. The van der Waals surface area contributed by atoms with Gasteiger partial charge in [-0.3, -0.25) is 9.69 Å². The highest BCUT2D eigenvalue weighted by molar-refractivity contribution is 5.99. The molecule has 8 heteroatoms. The van der Waals surface area contributed by atoms with Gasteiger partial charge in [-0.25, -0.2) is 9.18 Å². The molecule has 0 atom stereocenters. The van der Waals surface area contributed by atoms with E-state index < -0.39 is 5.82 Å². The molecule has 1 N–H and O–H groups in total.